The van der Waals surface area contributed by atoms with Crippen molar-refractivity contribution in [2.75, 3.05) is 50.9 Å². The van der Waals surface area contributed by atoms with E-state index in [-0.39, 0.29) is 29.7 Å². The Balaban J connectivity index is 1.29. The number of nitrogens with one attached hydrogen (secondary N) is 1. The van der Waals surface area contributed by atoms with Gasteiger partial charge in [-0.05, 0) is 56.7 Å². The van der Waals surface area contributed by atoms with E-state index in [0.29, 0.717) is 84.8 Å². The standard InChI is InChI=1S/C32H36ClF2N7O3/c33-24-9-25-22(12-37-40-25)26-21(24)4-1-2-7-44-16-18-8-20(43)15-41(13-18)30-23-11-36-29(26)27(35)28(23)38-31(39-30)45-17-32-5-3-6-42(32)14-19(34)10-32/h9,11-12,18-20,43H,1-8,10,13-17H2,(H,37,40)/t18?,19-,20?,32+/m1/s1. The van der Waals surface area contributed by atoms with E-state index >= 15 is 4.39 Å². The van der Waals surface area contributed by atoms with Gasteiger partial charge in [0.2, 0.25) is 0 Å². The molecule has 8 heterocycles. The Morgan fingerprint density at radius 2 is 2.07 bits per heavy atom. The van der Waals surface area contributed by atoms with Crippen LogP contribution in [0.3, 0.4) is 0 Å². The fourth-order valence-corrected chi connectivity index (χ4v) is 8.29. The van der Waals surface area contributed by atoms with Crippen LogP contribution in [0.15, 0.2) is 18.5 Å². The number of ether oxygens (including phenoxy) is 2. The van der Waals surface area contributed by atoms with E-state index in [0.717, 1.165) is 37.8 Å². The summed E-state index contributed by atoms with van der Waals surface area (Å²) in [7, 11) is 0. The van der Waals surface area contributed by atoms with E-state index in [9.17, 15) is 9.50 Å². The summed E-state index contributed by atoms with van der Waals surface area (Å²) >= 11 is 6.81. The van der Waals surface area contributed by atoms with E-state index in [2.05, 4.69) is 25.1 Å². The summed E-state index contributed by atoms with van der Waals surface area (Å²) in [4.78, 5) is 18.2. The third-order valence-electron chi connectivity index (χ3n) is 10.0. The van der Waals surface area contributed by atoms with Crippen LogP contribution in [-0.4, -0.2) is 99.0 Å². The molecule has 3 saturated heterocycles. The summed E-state index contributed by atoms with van der Waals surface area (Å²) in [5.74, 6) is -0.107. The maximum Gasteiger partial charge on any atom is 0.319 e. The van der Waals surface area contributed by atoms with Gasteiger partial charge >= 0.3 is 6.01 Å². The smallest absolute Gasteiger partial charge is 0.319 e. The molecule has 5 aliphatic heterocycles. The Hall–Kier alpha value is -3.19. The van der Waals surface area contributed by atoms with Crippen molar-refractivity contribution in [1.29, 1.82) is 0 Å². The van der Waals surface area contributed by atoms with Crippen LogP contribution in [0.2, 0.25) is 5.02 Å². The highest BCUT2D eigenvalue weighted by Gasteiger charge is 2.49. The predicted octanol–water partition coefficient (Wildman–Crippen LogP) is 4.86. The molecule has 2 unspecified atom stereocenters. The first-order valence-corrected chi connectivity index (χ1v) is 16.3. The number of benzene rings is 1. The normalized spacial score (nSPS) is 27.5. The maximum absolute atomic E-state index is 17.0. The molecule has 3 aromatic heterocycles. The van der Waals surface area contributed by atoms with Crippen LogP contribution in [0.4, 0.5) is 14.6 Å². The molecular weight excluding hydrogens is 604 g/mol. The molecule has 0 amide bonds. The minimum Gasteiger partial charge on any atom is -0.461 e. The lowest BCUT2D eigenvalue weighted by Crippen LogP contribution is -2.45. The number of hydrogen-bond donors (Lipinski definition) is 2. The van der Waals surface area contributed by atoms with Crippen LogP contribution in [-0.2, 0) is 11.2 Å². The van der Waals surface area contributed by atoms with E-state index in [1.54, 1.807) is 12.4 Å². The molecule has 45 heavy (non-hydrogen) atoms. The highest BCUT2D eigenvalue weighted by atomic mass is 35.5. The zero-order valence-corrected chi connectivity index (χ0v) is 25.7. The largest absolute Gasteiger partial charge is 0.461 e. The zero-order chi connectivity index (χ0) is 30.7. The van der Waals surface area contributed by atoms with Crippen LogP contribution in [0.5, 0.6) is 6.01 Å². The highest BCUT2D eigenvalue weighted by molar-refractivity contribution is 6.33. The SMILES string of the molecule is OC1CC2COCCCCc3c(Cl)cc4[nH]ncc4c3-c3ncc4c(nc(OC[C@@]56CCCN5C[C@H](F)C6)nc4c3F)N(C1)C2. The summed E-state index contributed by atoms with van der Waals surface area (Å²) in [6, 6.07) is 1.84. The minimum absolute atomic E-state index is 0.0193. The lowest BCUT2D eigenvalue weighted by atomic mass is 9.94. The quantitative estimate of drug-likeness (QED) is 0.325. The van der Waals surface area contributed by atoms with Crippen molar-refractivity contribution in [3.05, 3.63) is 34.9 Å². The van der Waals surface area contributed by atoms with Crippen molar-refractivity contribution < 1.29 is 23.4 Å². The van der Waals surface area contributed by atoms with Gasteiger partial charge in [0.15, 0.2) is 5.82 Å². The van der Waals surface area contributed by atoms with Gasteiger partial charge in [-0.15, -0.1) is 0 Å². The van der Waals surface area contributed by atoms with Crippen LogP contribution in [0.1, 0.15) is 44.1 Å². The number of halogens is 3. The molecule has 0 saturated carbocycles. The van der Waals surface area contributed by atoms with Crippen LogP contribution in [0, 0.1) is 11.7 Å². The van der Waals surface area contributed by atoms with E-state index in [4.69, 9.17) is 26.1 Å². The number of aliphatic hydroxyl groups excluding tert-OH is 1. The van der Waals surface area contributed by atoms with Crippen molar-refractivity contribution in [3.63, 3.8) is 0 Å². The molecule has 5 aliphatic rings. The van der Waals surface area contributed by atoms with Crippen molar-refractivity contribution in [1.82, 2.24) is 30.0 Å². The molecule has 9 rings (SSSR count). The maximum atomic E-state index is 17.0. The number of rotatable bonds is 3. The third kappa shape index (κ3) is 5.19. The molecular formula is C32H36ClF2N7O3. The summed E-state index contributed by atoms with van der Waals surface area (Å²) in [5, 5.41) is 19.7. The van der Waals surface area contributed by atoms with E-state index in [1.165, 1.54) is 0 Å². The summed E-state index contributed by atoms with van der Waals surface area (Å²) < 4.78 is 43.8. The fraction of sp³-hybridized carbons (Fsp3) is 0.562. The topological polar surface area (TPSA) is 113 Å². The van der Waals surface area contributed by atoms with E-state index in [1.807, 2.05) is 11.0 Å². The van der Waals surface area contributed by atoms with Gasteiger partial charge in [-0.1, -0.05) is 11.6 Å². The molecule has 0 radical (unpaired) electrons. The number of aromatic nitrogens is 5. The summed E-state index contributed by atoms with van der Waals surface area (Å²) in [5.41, 5.74) is 1.83. The van der Waals surface area contributed by atoms with Crippen LogP contribution < -0.4 is 9.64 Å². The lowest BCUT2D eigenvalue weighted by Gasteiger charge is -2.37. The molecule has 4 aromatic rings. The predicted molar refractivity (Wildman–Crippen MR) is 166 cm³/mol. The Kier molecular flexibility index (Phi) is 7.51. The number of H-pyrrole nitrogens is 1. The Morgan fingerprint density at radius 3 is 2.98 bits per heavy atom. The number of piperidine rings is 1. The van der Waals surface area contributed by atoms with Gasteiger partial charge < -0.3 is 19.5 Å². The number of hydrogen-bond acceptors (Lipinski definition) is 9. The monoisotopic (exact) mass is 639 g/mol. The number of pyridine rings is 1. The second-order valence-electron chi connectivity index (χ2n) is 13.1. The molecule has 6 bridgehead atoms. The third-order valence-corrected chi connectivity index (χ3v) is 10.4. The van der Waals surface area contributed by atoms with E-state index < -0.39 is 23.6 Å². The fourth-order valence-electron chi connectivity index (χ4n) is 7.99. The first kappa shape index (κ1) is 29.2. The van der Waals surface area contributed by atoms with Gasteiger partial charge in [0.25, 0.3) is 0 Å². The Labute approximate surface area is 264 Å². The van der Waals surface area contributed by atoms with Crippen molar-refractivity contribution in [2.45, 2.75) is 62.8 Å². The number of anilines is 1. The van der Waals surface area contributed by atoms with Crippen molar-refractivity contribution in [2.24, 2.45) is 5.92 Å². The molecule has 3 fully saturated rings. The van der Waals surface area contributed by atoms with Gasteiger partial charge in [-0.25, -0.2) is 8.78 Å². The highest BCUT2D eigenvalue weighted by Crippen LogP contribution is 2.42. The second-order valence-corrected chi connectivity index (χ2v) is 13.5. The Bertz CT molecular complexity index is 1760. The summed E-state index contributed by atoms with van der Waals surface area (Å²) in [6.45, 7) is 3.40. The minimum atomic E-state index is -0.902. The Morgan fingerprint density at radius 1 is 1.16 bits per heavy atom. The number of alkyl halides is 1. The van der Waals surface area contributed by atoms with Gasteiger partial charge in [-0.2, -0.15) is 15.1 Å². The molecule has 10 nitrogen and oxygen atoms in total. The van der Waals surface area contributed by atoms with Gasteiger partial charge in [0.05, 0.1) is 35.3 Å². The lowest BCUT2D eigenvalue weighted by molar-refractivity contribution is 0.0564. The molecule has 238 valence electrons. The van der Waals surface area contributed by atoms with Crippen LogP contribution >= 0.6 is 11.6 Å². The van der Waals surface area contributed by atoms with Crippen molar-refractivity contribution in [3.8, 4) is 17.3 Å². The van der Waals surface area contributed by atoms with Crippen molar-refractivity contribution >= 4 is 39.2 Å². The number of fused-ring (bicyclic) bond motifs is 8. The second kappa shape index (κ2) is 11.6. The number of aromatic amines is 1. The molecule has 13 heteroatoms. The summed E-state index contributed by atoms with van der Waals surface area (Å²) in [6.07, 6.45) is 6.75. The molecule has 2 N–H and O–H groups in total. The van der Waals surface area contributed by atoms with Gasteiger partial charge in [0, 0.05) is 60.7 Å². The zero-order valence-electron chi connectivity index (χ0n) is 24.9. The number of aliphatic hydroxyl groups is 1. The average molecular weight is 640 g/mol. The first-order valence-electron chi connectivity index (χ1n) is 15.9. The molecule has 4 atom stereocenters. The first-order chi connectivity index (χ1) is 21.9. The van der Waals surface area contributed by atoms with Gasteiger partial charge in [-0.3, -0.25) is 15.0 Å². The molecule has 1 aromatic carbocycles. The van der Waals surface area contributed by atoms with Gasteiger partial charge in [0.1, 0.15) is 29.8 Å². The average Bonchev–Trinajstić information content (AvgIpc) is 3.71. The molecule has 0 spiro atoms. The van der Waals surface area contributed by atoms with Crippen LogP contribution in [0.25, 0.3) is 33.1 Å². The molecule has 0 aliphatic carbocycles. The number of nitrogens with zero attached hydrogens (tertiary/aromatic N) is 6.